The molecule has 2 heteroatoms. The van der Waals surface area contributed by atoms with Crippen LogP contribution in [0.5, 0.6) is 0 Å². The van der Waals surface area contributed by atoms with Crippen molar-refractivity contribution in [2.24, 2.45) is 11.8 Å². The molecule has 2 atom stereocenters. The summed E-state index contributed by atoms with van der Waals surface area (Å²) in [6.07, 6.45) is 5.62. The molecule has 2 nitrogen and oxygen atoms in total. The Balaban J connectivity index is 2.03. The Kier molecular flexibility index (Phi) is 4.20. The van der Waals surface area contributed by atoms with Crippen LogP contribution in [0.25, 0.3) is 0 Å². The van der Waals surface area contributed by atoms with Crippen LogP contribution >= 0.6 is 0 Å². The maximum Gasteiger partial charge on any atom is 0.309 e. The van der Waals surface area contributed by atoms with Crippen molar-refractivity contribution in [3.05, 3.63) is 48.0 Å². The minimum absolute atomic E-state index is 0.0462. The number of ether oxygens (including phenoxy) is 1. The highest BCUT2D eigenvalue weighted by molar-refractivity contribution is 5.72. The monoisotopic (exact) mass is 240 g/mol. The highest BCUT2D eigenvalue weighted by atomic mass is 16.5. The summed E-state index contributed by atoms with van der Waals surface area (Å²) >= 11 is 0. The van der Waals surface area contributed by atoms with Gasteiger partial charge in [-0.3, -0.25) is 4.79 Å². The quantitative estimate of drug-likeness (QED) is 0.428. The minimum atomic E-state index is -0.133. The second kappa shape index (κ2) is 6.07. The van der Waals surface area contributed by atoms with Gasteiger partial charge in [0.2, 0.25) is 0 Å². The first-order valence-electron chi connectivity index (χ1n) is 6.10. The Morgan fingerprint density at radius 2 is 2.11 bits per heavy atom. The second-order valence-corrected chi connectivity index (χ2v) is 4.36. The molecule has 0 aromatic heterocycles. The van der Waals surface area contributed by atoms with Crippen molar-refractivity contribution in [2.75, 3.05) is 7.11 Å². The molecule has 1 aliphatic rings. The normalized spacial score (nSPS) is 21.8. The van der Waals surface area contributed by atoms with Gasteiger partial charge in [0.05, 0.1) is 13.0 Å². The van der Waals surface area contributed by atoms with E-state index >= 15 is 0 Å². The van der Waals surface area contributed by atoms with E-state index in [-0.39, 0.29) is 17.8 Å². The van der Waals surface area contributed by atoms with Crippen LogP contribution in [0.2, 0.25) is 0 Å². The molecule has 1 aromatic carbocycles. The van der Waals surface area contributed by atoms with Crippen molar-refractivity contribution in [2.45, 2.75) is 12.8 Å². The molecule has 0 aliphatic heterocycles. The summed E-state index contributed by atoms with van der Waals surface area (Å²) in [4.78, 5) is 11.5. The highest BCUT2D eigenvalue weighted by Crippen LogP contribution is 2.24. The van der Waals surface area contributed by atoms with Crippen molar-refractivity contribution in [1.82, 2.24) is 0 Å². The summed E-state index contributed by atoms with van der Waals surface area (Å²) in [5.74, 6) is 6.30. The maximum atomic E-state index is 11.5. The Bertz CT molecular complexity index is 491. The molecule has 0 heterocycles. The van der Waals surface area contributed by atoms with Gasteiger partial charge in [-0.05, 0) is 25.0 Å². The molecule has 0 bridgehead atoms. The van der Waals surface area contributed by atoms with E-state index in [9.17, 15) is 4.79 Å². The zero-order chi connectivity index (χ0) is 12.8. The van der Waals surface area contributed by atoms with E-state index in [1.54, 1.807) is 0 Å². The van der Waals surface area contributed by atoms with Crippen LogP contribution in [-0.4, -0.2) is 13.1 Å². The Labute approximate surface area is 108 Å². The van der Waals surface area contributed by atoms with Gasteiger partial charge in [-0.15, -0.1) is 0 Å². The largest absolute Gasteiger partial charge is 0.469 e. The minimum Gasteiger partial charge on any atom is -0.469 e. The predicted molar refractivity (Wildman–Crippen MR) is 70.7 cm³/mol. The van der Waals surface area contributed by atoms with E-state index in [0.29, 0.717) is 0 Å². The molecule has 1 aromatic rings. The first-order valence-corrected chi connectivity index (χ1v) is 6.10. The molecule has 0 unspecified atom stereocenters. The van der Waals surface area contributed by atoms with Crippen molar-refractivity contribution in [3.8, 4) is 11.8 Å². The number of methoxy groups -OCH3 is 1. The summed E-state index contributed by atoms with van der Waals surface area (Å²) in [5, 5.41) is 0. The third-order valence-corrected chi connectivity index (χ3v) is 3.04. The lowest BCUT2D eigenvalue weighted by Gasteiger charge is -2.19. The highest BCUT2D eigenvalue weighted by Gasteiger charge is 2.23. The van der Waals surface area contributed by atoms with Gasteiger partial charge >= 0.3 is 5.97 Å². The third-order valence-electron chi connectivity index (χ3n) is 3.04. The number of carbonyl (C=O) groups excluding carboxylic acids is 1. The van der Waals surface area contributed by atoms with Gasteiger partial charge in [0.1, 0.15) is 0 Å². The molecule has 18 heavy (non-hydrogen) atoms. The van der Waals surface area contributed by atoms with Crippen LogP contribution in [-0.2, 0) is 9.53 Å². The van der Waals surface area contributed by atoms with E-state index < -0.39 is 0 Å². The van der Waals surface area contributed by atoms with Crippen LogP contribution in [0.15, 0.2) is 42.5 Å². The number of esters is 1. The molecular weight excluding hydrogens is 224 g/mol. The SMILES string of the molecule is COC(=O)[C@@H]1CC=C[C@@H](C#Cc2ccccc2)C1. The zero-order valence-corrected chi connectivity index (χ0v) is 10.4. The van der Waals surface area contributed by atoms with Crippen LogP contribution in [0, 0.1) is 23.7 Å². The first-order chi connectivity index (χ1) is 8.79. The van der Waals surface area contributed by atoms with Gasteiger partial charge in [0.15, 0.2) is 0 Å². The number of hydrogen-bond acceptors (Lipinski definition) is 2. The summed E-state index contributed by atoms with van der Waals surface area (Å²) in [6, 6.07) is 9.88. The number of carbonyl (C=O) groups is 1. The van der Waals surface area contributed by atoms with Crippen molar-refractivity contribution in [1.29, 1.82) is 0 Å². The van der Waals surface area contributed by atoms with Gasteiger partial charge in [-0.25, -0.2) is 0 Å². The molecule has 0 saturated carbocycles. The average molecular weight is 240 g/mol. The fourth-order valence-electron chi connectivity index (χ4n) is 2.05. The second-order valence-electron chi connectivity index (χ2n) is 4.36. The van der Waals surface area contributed by atoms with E-state index in [1.807, 2.05) is 36.4 Å². The number of allylic oxidation sites excluding steroid dienone is 2. The maximum absolute atomic E-state index is 11.5. The molecule has 92 valence electrons. The van der Waals surface area contributed by atoms with E-state index in [1.165, 1.54) is 7.11 Å². The first kappa shape index (κ1) is 12.4. The molecule has 0 saturated heterocycles. The van der Waals surface area contributed by atoms with E-state index in [0.717, 1.165) is 18.4 Å². The smallest absolute Gasteiger partial charge is 0.309 e. The van der Waals surface area contributed by atoms with E-state index in [4.69, 9.17) is 4.74 Å². The molecule has 0 N–H and O–H groups in total. The van der Waals surface area contributed by atoms with Crippen LogP contribution < -0.4 is 0 Å². The van der Waals surface area contributed by atoms with Gasteiger partial charge in [0.25, 0.3) is 0 Å². The number of rotatable bonds is 1. The number of hydrogen-bond donors (Lipinski definition) is 0. The molecule has 2 rings (SSSR count). The molecule has 0 spiro atoms. The molecule has 0 fully saturated rings. The van der Waals surface area contributed by atoms with Gasteiger partial charge in [0, 0.05) is 11.5 Å². The number of benzene rings is 1. The van der Waals surface area contributed by atoms with E-state index in [2.05, 4.69) is 17.9 Å². The Hall–Kier alpha value is -2.01. The van der Waals surface area contributed by atoms with Crippen molar-refractivity contribution >= 4 is 5.97 Å². The third kappa shape index (κ3) is 3.24. The standard InChI is InChI=1S/C16H16O2/c1-18-16(17)15-9-5-8-14(12-15)11-10-13-6-3-2-4-7-13/h2-8,14-15H,9,12H2,1H3/t14-,15+/m0/s1. The van der Waals surface area contributed by atoms with Crippen molar-refractivity contribution in [3.63, 3.8) is 0 Å². The lowest BCUT2D eigenvalue weighted by atomic mass is 9.87. The lowest BCUT2D eigenvalue weighted by Crippen LogP contribution is -2.20. The van der Waals surface area contributed by atoms with Crippen molar-refractivity contribution < 1.29 is 9.53 Å². The fraction of sp³-hybridized carbons (Fsp3) is 0.312. The van der Waals surface area contributed by atoms with Crippen LogP contribution in [0.1, 0.15) is 18.4 Å². The molecule has 1 aliphatic carbocycles. The zero-order valence-electron chi connectivity index (χ0n) is 10.4. The topological polar surface area (TPSA) is 26.3 Å². The summed E-state index contributed by atoms with van der Waals surface area (Å²) in [7, 11) is 1.44. The summed E-state index contributed by atoms with van der Waals surface area (Å²) < 4.78 is 4.78. The van der Waals surface area contributed by atoms with Gasteiger partial charge in [-0.1, -0.05) is 42.2 Å². The molecule has 0 radical (unpaired) electrons. The van der Waals surface area contributed by atoms with Crippen LogP contribution in [0.4, 0.5) is 0 Å². The average Bonchev–Trinajstić information content (AvgIpc) is 2.45. The van der Waals surface area contributed by atoms with Gasteiger partial charge in [-0.2, -0.15) is 0 Å². The lowest BCUT2D eigenvalue weighted by molar-refractivity contribution is -0.145. The fourth-order valence-corrected chi connectivity index (χ4v) is 2.05. The summed E-state index contributed by atoms with van der Waals surface area (Å²) in [6.45, 7) is 0. The predicted octanol–water partition coefficient (Wildman–Crippen LogP) is 2.79. The molecule has 0 amide bonds. The van der Waals surface area contributed by atoms with Gasteiger partial charge < -0.3 is 4.74 Å². The van der Waals surface area contributed by atoms with Crippen LogP contribution in [0.3, 0.4) is 0 Å². The Morgan fingerprint density at radius 1 is 1.33 bits per heavy atom. The summed E-state index contributed by atoms with van der Waals surface area (Å²) in [5.41, 5.74) is 1.01. The Morgan fingerprint density at radius 3 is 2.83 bits per heavy atom. The molecular formula is C16H16O2.